The maximum absolute atomic E-state index is 9.21. The van der Waals surface area contributed by atoms with Crippen molar-refractivity contribution in [2.45, 2.75) is 66.3 Å². The number of aromatic nitrogens is 5. The first-order valence-corrected chi connectivity index (χ1v) is 12.4. The molecular weight excluding hydrogens is 438 g/mol. The van der Waals surface area contributed by atoms with Crippen molar-refractivity contribution in [1.82, 2.24) is 24.9 Å². The molecule has 1 N–H and O–H groups in total. The summed E-state index contributed by atoms with van der Waals surface area (Å²) in [6.45, 7) is 9.70. The molecule has 0 aliphatic heterocycles. The topological polar surface area (TPSA) is 89.9 Å². The van der Waals surface area contributed by atoms with Crippen LogP contribution in [0.4, 0.5) is 0 Å². The maximum atomic E-state index is 9.21. The molecule has 0 saturated heterocycles. The van der Waals surface area contributed by atoms with E-state index in [2.05, 4.69) is 60.7 Å². The maximum Gasteiger partial charge on any atom is 0.279 e. The van der Waals surface area contributed by atoms with Crippen molar-refractivity contribution in [3.8, 4) is 23.0 Å². The second-order valence-electron chi connectivity index (χ2n) is 10.5. The monoisotopic (exact) mass is 471 g/mol. The number of nitrogens with zero attached hydrogens (tertiary/aromatic N) is 5. The molecule has 3 aromatic heterocycles. The van der Waals surface area contributed by atoms with Gasteiger partial charge in [-0.3, -0.25) is 9.67 Å². The molecule has 0 unspecified atom stereocenters. The SMILES string of the molecule is Cc1cc(-c2noc(-c3nn(Cc4cccnc4)c4c3CCC(C)(C)C4)n2)cc(C)c1CCCO. The Balaban J connectivity index is 1.50. The zero-order valence-electron chi connectivity index (χ0n) is 21.0. The smallest absolute Gasteiger partial charge is 0.279 e. The molecule has 3 heterocycles. The van der Waals surface area contributed by atoms with Crippen molar-refractivity contribution in [3.63, 3.8) is 0 Å². The molecule has 0 spiro atoms. The summed E-state index contributed by atoms with van der Waals surface area (Å²) in [5, 5.41) is 18.5. The normalized spacial score (nSPS) is 14.8. The summed E-state index contributed by atoms with van der Waals surface area (Å²) < 4.78 is 7.87. The second kappa shape index (κ2) is 9.38. The summed E-state index contributed by atoms with van der Waals surface area (Å²) in [7, 11) is 0. The Morgan fingerprint density at radius 1 is 1.17 bits per heavy atom. The molecule has 0 bridgehead atoms. The van der Waals surface area contributed by atoms with E-state index in [1.54, 1.807) is 6.20 Å². The van der Waals surface area contributed by atoms with Crippen LogP contribution in [0.3, 0.4) is 0 Å². The van der Waals surface area contributed by atoms with Crippen LogP contribution >= 0.6 is 0 Å². The summed E-state index contributed by atoms with van der Waals surface area (Å²) >= 11 is 0. The number of pyridine rings is 1. The Labute approximate surface area is 206 Å². The first-order chi connectivity index (χ1) is 16.8. The van der Waals surface area contributed by atoms with E-state index in [0.717, 1.165) is 48.9 Å². The minimum Gasteiger partial charge on any atom is -0.396 e. The largest absolute Gasteiger partial charge is 0.396 e. The molecule has 0 saturated carbocycles. The highest BCUT2D eigenvalue weighted by molar-refractivity contribution is 5.63. The van der Waals surface area contributed by atoms with E-state index in [1.807, 2.05) is 12.3 Å². The fourth-order valence-corrected chi connectivity index (χ4v) is 5.18. The number of benzene rings is 1. The van der Waals surface area contributed by atoms with Crippen LogP contribution in [0, 0.1) is 19.3 Å². The quantitative estimate of drug-likeness (QED) is 0.403. The number of aliphatic hydroxyl groups excluding tert-OH is 1. The van der Waals surface area contributed by atoms with Gasteiger partial charge in [-0.1, -0.05) is 25.1 Å². The van der Waals surface area contributed by atoms with Gasteiger partial charge in [0.15, 0.2) is 5.69 Å². The lowest BCUT2D eigenvalue weighted by Gasteiger charge is -2.30. The lowest BCUT2D eigenvalue weighted by molar-refractivity contribution is 0.288. The standard InChI is InChI=1S/C28H33N5O2/c1-18-13-21(14-19(2)22(18)8-6-12-34)26-30-27(35-32-26)25-23-9-10-28(3,4)15-24(23)33(31-25)17-20-7-5-11-29-16-20/h5,7,11,13-14,16,34H,6,8-10,12,15,17H2,1-4H3. The predicted molar refractivity (Wildman–Crippen MR) is 135 cm³/mol. The Bertz CT molecular complexity index is 1310. The van der Waals surface area contributed by atoms with Gasteiger partial charge in [0.2, 0.25) is 5.82 Å². The molecule has 1 aromatic carbocycles. The molecule has 182 valence electrons. The van der Waals surface area contributed by atoms with Crippen molar-refractivity contribution in [1.29, 1.82) is 0 Å². The van der Waals surface area contributed by atoms with Crippen LogP contribution < -0.4 is 0 Å². The molecule has 7 heteroatoms. The van der Waals surface area contributed by atoms with Gasteiger partial charge in [-0.2, -0.15) is 10.1 Å². The van der Waals surface area contributed by atoms with Gasteiger partial charge in [0.1, 0.15) is 0 Å². The fraction of sp³-hybridized carbons (Fsp3) is 0.429. The summed E-state index contributed by atoms with van der Waals surface area (Å²) in [5.41, 5.74) is 9.18. The lowest BCUT2D eigenvalue weighted by atomic mass is 9.76. The van der Waals surface area contributed by atoms with E-state index >= 15 is 0 Å². The van der Waals surface area contributed by atoms with Crippen LogP contribution in [0.1, 0.15) is 60.2 Å². The summed E-state index contributed by atoms with van der Waals surface area (Å²) in [5.74, 6) is 1.05. The van der Waals surface area contributed by atoms with E-state index in [-0.39, 0.29) is 12.0 Å². The van der Waals surface area contributed by atoms with Gasteiger partial charge in [-0.05, 0) is 91.8 Å². The number of fused-ring (bicyclic) bond motifs is 1. The van der Waals surface area contributed by atoms with Gasteiger partial charge >= 0.3 is 0 Å². The summed E-state index contributed by atoms with van der Waals surface area (Å²) in [6.07, 6.45) is 8.31. The van der Waals surface area contributed by atoms with Crippen LogP contribution in [-0.2, 0) is 25.8 Å². The summed E-state index contributed by atoms with van der Waals surface area (Å²) in [6, 6.07) is 8.24. The number of aliphatic hydroxyl groups is 1. The lowest BCUT2D eigenvalue weighted by Crippen LogP contribution is -2.24. The van der Waals surface area contributed by atoms with Crippen molar-refractivity contribution < 1.29 is 9.63 Å². The zero-order chi connectivity index (χ0) is 24.6. The molecule has 4 aromatic rings. The van der Waals surface area contributed by atoms with Gasteiger partial charge in [0.05, 0.1) is 6.54 Å². The van der Waals surface area contributed by atoms with Crippen LogP contribution in [0.15, 0.2) is 41.2 Å². The fourth-order valence-electron chi connectivity index (χ4n) is 5.18. The average Bonchev–Trinajstić information content (AvgIpc) is 3.44. The highest BCUT2D eigenvalue weighted by Crippen LogP contribution is 2.39. The highest BCUT2D eigenvalue weighted by atomic mass is 16.5. The molecule has 7 nitrogen and oxygen atoms in total. The summed E-state index contributed by atoms with van der Waals surface area (Å²) in [4.78, 5) is 9.05. The molecule has 0 amide bonds. The predicted octanol–water partition coefficient (Wildman–Crippen LogP) is 5.10. The van der Waals surface area contributed by atoms with Crippen LogP contribution in [0.5, 0.6) is 0 Å². The van der Waals surface area contributed by atoms with Crippen LogP contribution in [-0.4, -0.2) is 36.6 Å². The van der Waals surface area contributed by atoms with Gasteiger partial charge in [-0.25, -0.2) is 0 Å². The third-order valence-corrected chi connectivity index (χ3v) is 7.09. The Hall–Kier alpha value is -3.32. The molecule has 0 atom stereocenters. The molecular formula is C28H33N5O2. The molecule has 1 aliphatic rings. The van der Waals surface area contributed by atoms with Gasteiger partial charge < -0.3 is 9.63 Å². The highest BCUT2D eigenvalue weighted by Gasteiger charge is 2.33. The van der Waals surface area contributed by atoms with Crippen molar-refractivity contribution in [2.24, 2.45) is 5.41 Å². The zero-order valence-corrected chi connectivity index (χ0v) is 21.0. The Morgan fingerprint density at radius 3 is 2.69 bits per heavy atom. The molecule has 0 radical (unpaired) electrons. The van der Waals surface area contributed by atoms with Gasteiger partial charge in [0, 0.05) is 35.8 Å². The molecule has 35 heavy (non-hydrogen) atoms. The van der Waals surface area contributed by atoms with Crippen molar-refractivity contribution in [3.05, 3.63) is 70.2 Å². The molecule has 5 rings (SSSR count). The van der Waals surface area contributed by atoms with E-state index in [0.29, 0.717) is 18.3 Å². The third kappa shape index (κ3) is 4.78. The minimum absolute atomic E-state index is 0.198. The first-order valence-electron chi connectivity index (χ1n) is 12.4. The van der Waals surface area contributed by atoms with E-state index in [9.17, 15) is 5.11 Å². The Kier molecular flexibility index (Phi) is 6.28. The third-order valence-electron chi connectivity index (χ3n) is 7.09. The molecule has 0 fully saturated rings. The minimum atomic E-state index is 0.198. The van der Waals surface area contributed by atoms with E-state index in [1.165, 1.54) is 27.9 Å². The van der Waals surface area contributed by atoms with E-state index in [4.69, 9.17) is 14.6 Å². The average molecular weight is 472 g/mol. The number of aryl methyl sites for hydroxylation is 2. The van der Waals surface area contributed by atoms with Crippen LogP contribution in [0.2, 0.25) is 0 Å². The van der Waals surface area contributed by atoms with Crippen molar-refractivity contribution in [2.75, 3.05) is 6.61 Å². The Morgan fingerprint density at radius 2 is 1.97 bits per heavy atom. The number of hydrogen-bond acceptors (Lipinski definition) is 6. The molecule has 1 aliphatic carbocycles. The number of rotatable bonds is 7. The van der Waals surface area contributed by atoms with Gasteiger partial charge in [0.25, 0.3) is 5.89 Å². The number of hydrogen-bond donors (Lipinski definition) is 1. The van der Waals surface area contributed by atoms with Crippen LogP contribution in [0.25, 0.3) is 23.0 Å². The van der Waals surface area contributed by atoms with E-state index < -0.39 is 0 Å². The van der Waals surface area contributed by atoms with Gasteiger partial charge in [-0.15, -0.1) is 0 Å². The second-order valence-corrected chi connectivity index (χ2v) is 10.5. The van der Waals surface area contributed by atoms with Crippen molar-refractivity contribution >= 4 is 0 Å². The first kappa shape index (κ1) is 23.4.